The SMILES string of the molecule is CC(C)CCOc1ccc(CNCCOCC(F)F)cc1. The fourth-order valence-electron chi connectivity index (χ4n) is 1.67. The molecular weight excluding hydrogens is 276 g/mol. The molecule has 0 fully saturated rings. The van der Waals surface area contributed by atoms with Crippen LogP contribution in [0.4, 0.5) is 8.78 Å². The molecule has 120 valence electrons. The summed E-state index contributed by atoms with van der Waals surface area (Å²) in [5, 5.41) is 3.14. The fourth-order valence-corrected chi connectivity index (χ4v) is 1.67. The van der Waals surface area contributed by atoms with Crippen molar-refractivity contribution in [2.24, 2.45) is 5.92 Å². The van der Waals surface area contributed by atoms with Gasteiger partial charge in [0.2, 0.25) is 0 Å². The van der Waals surface area contributed by atoms with Gasteiger partial charge >= 0.3 is 0 Å². The lowest BCUT2D eigenvalue weighted by Crippen LogP contribution is -2.20. The number of alkyl halides is 2. The highest BCUT2D eigenvalue weighted by Crippen LogP contribution is 2.13. The second-order valence-corrected chi connectivity index (χ2v) is 5.32. The van der Waals surface area contributed by atoms with Gasteiger partial charge in [0.15, 0.2) is 0 Å². The van der Waals surface area contributed by atoms with E-state index in [9.17, 15) is 8.78 Å². The predicted octanol–water partition coefficient (Wildman–Crippen LogP) is 3.48. The number of ether oxygens (including phenoxy) is 2. The van der Waals surface area contributed by atoms with Crippen LogP contribution in [0.3, 0.4) is 0 Å². The van der Waals surface area contributed by atoms with Crippen LogP contribution in [-0.2, 0) is 11.3 Å². The predicted molar refractivity (Wildman–Crippen MR) is 79.9 cm³/mol. The summed E-state index contributed by atoms with van der Waals surface area (Å²) in [6, 6.07) is 7.89. The molecule has 0 aromatic heterocycles. The smallest absolute Gasteiger partial charge is 0.261 e. The van der Waals surface area contributed by atoms with Crippen LogP contribution in [0.1, 0.15) is 25.8 Å². The summed E-state index contributed by atoms with van der Waals surface area (Å²) in [6.45, 7) is 6.11. The van der Waals surface area contributed by atoms with Crippen molar-refractivity contribution in [1.29, 1.82) is 0 Å². The zero-order valence-corrected chi connectivity index (χ0v) is 12.8. The van der Waals surface area contributed by atoms with E-state index >= 15 is 0 Å². The monoisotopic (exact) mass is 301 g/mol. The first-order chi connectivity index (χ1) is 10.1. The number of benzene rings is 1. The molecule has 1 rings (SSSR count). The standard InChI is InChI=1S/C16H25F2NO2/c1-13(2)7-9-21-15-5-3-14(4-6-15)11-19-8-10-20-12-16(17)18/h3-6,13,16,19H,7-12H2,1-2H3. The van der Waals surface area contributed by atoms with Crippen LogP contribution in [0, 0.1) is 5.92 Å². The average molecular weight is 301 g/mol. The average Bonchev–Trinajstić information content (AvgIpc) is 2.43. The molecule has 0 radical (unpaired) electrons. The largest absolute Gasteiger partial charge is 0.494 e. The fraction of sp³-hybridized carbons (Fsp3) is 0.625. The number of hydrogen-bond donors (Lipinski definition) is 1. The van der Waals surface area contributed by atoms with Gasteiger partial charge in [0.25, 0.3) is 6.43 Å². The summed E-state index contributed by atoms with van der Waals surface area (Å²) in [5.41, 5.74) is 1.13. The highest BCUT2D eigenvalue weighted by atomic mass is 19.3. The van der Waals surface area contributed by atoms with Crippen LogP contribution in [0.5, 0.6) is 5.75 Å². The maximum Gasteiger partial charge on any atom is 0.261 e. The Kier molecular flexibility index (Phi) is 8.94. The van der Waals surface area contributed by atoms with Gasteiger partial charge in [0, 0.05) is 13.1 Å². The van der Waals surface area contributed by atoms with Crippen molar-refractivity contribution in [2.75, 3.05) is 26.4 Å². The van der Waals surface area contributed by atoms with Crippen LogP contribution < -0.4 is 10.1 Å². The van der Waals surface area contributed by atoms with Gasteiger partial charge in [0.1, 0.15) is 12.4 Å². The van der Waals surface area contributed by atoms with Crippen molar-refractivity contribution in [2.45, 2.75) is 33.2 Å². The van der Waals surface area contributed by atoms with E-state index in [4.69, 9.17) is 9.47 Å². The summed E-state index contributed by atoms with van der Waals surface area (Å²) in [6.07, 6.45) is -1.35. The van der Waals surface area contributed by atoms with Crippen LogP contribution in [0.25, 0.3) is 0 Å². The van der Waals surface area contributed by atoms with Gasteiger partial charge in [-0.3, -0.25) is 0 Å². The zero-order chi connectivity index (χ0) is 15.5. The van der Waals surface area contributed by atoms with Crippen LogP contribution in [0.15, 0.2) is 24.3 Å². The Morgan fingerprint density at radius 2 is 1.81 bits per heavy atom. The van der Waals surface area contributed by atoms with Gasteiger partial charge in [-0.15, -0.1) is 0 Å². The lowest BCUT2D eigenvalue weighted by molar-refractivity contribution is 0.0187. The molecule has 0 spiro atoms. The molecule has 0 atom stereocenters. The van der Waals surface area contributed by atoms with Gasteiger partial charge in [0.05, 0.1) is 13.2 Å². The van der Waals surface area contributed by atoms with Gasteiger partial charge in [-0.25, -0.2) is 8.78 Å². The Labute approximate surface area is 125 Å². The van der Waals surface area contributed by atoms with Gasteiger partial charge in [-0.2, -0.15) is 0 Å². The molecule has 0 amide bonds. The van der Waals surface area contributed by atoms with E-state index in [1.165, 1.54) is 0 Å². The Balaban J connectivity index is 2.13. The first-order valence-corrected chi connectivity index (χ1v) is 7.36. The normalized spacial score (nSPS) is 11.3. The Morgan fingerprint density at radius 3 is 2.43 bits per heavy atom. The van der Waals surface area contributed by atoms with E-state index in [1.807, 2.05) is 24.3 Å². The quantitative estimate of drug-likeness (QED) is 0.635. The summed E-state index contributed by atoms with van der Waals surface area (Å²) in [7, 11) is 0. The lowest BCUT2D eigenvalue weighted by atomic mass is 10.1. The number of hydrogen-bond acceptors (Lipinski definition) is 3. The number of halogens is 2. The molecule has 0 saturated heterocycles. The van der Waals surface area contributed by atoms with Crippen molar-refractivity contribution in [3.05, 3.63) is 29.8 Å². The first-order valence-electron chi connectivity index (χ1n) is 7.36. The second-order valence-electron chi connectivity index (χ2n) is 5.32. The van der Waals surface area contributed by atoms with Gasteiger partial charge in [-0.1, -0.05) is 26.0 Å². The second kappa shape index (κ2) is 10.5. The van der Waals surface area contributed by atoms with E-state index in [0.29, 0.717) is 25.6 Å². The molecule has 0 bridgehead atoms. The number of nitrogens with one attached hydrogen (secondary N) is 1. The van der Waals surface area contributed by atoms with Gasteiger partial charge < -0.3 is 14.8 Å². The van der Waals surface area contributed by atoms with Crippen LogP contribution >= 0.6 is 0 Å². The zero-order valence-electron chi connectivity index (χ0n) is 12.8. The maximum atomic E-state index is 11.8. The Hall–Kier alpha value is -1.20. The molecule has 1 aromatic carbocycles. The summed E-state index contributed by atoms with van der Waals surface area (Å²) in [5.74, 6) is 1.51. The van der Waals surface area contributed by atoms with E-state index in [-0.39, 0.29) is 0 Å². The first kappa shape index (κ1) is 17.9. The van der Waals surface area contributed by atoms with E-state index < -0.39 is 13.0 Å². The third-order valence-electron chi connectivity index (χ3n) is 2.88. The molecule has 0 aliphatic carbocycles. The molecule has 5 heteroatoms. The molecule has 1 aromatic rings. The molecule has 3 nitrogen and oxygen atoms in total. The van der Waals surface area contributed by atoms with Crippen LogP contribution in [-0.4, -0.2) is 32.8 Å². The summed E-state index contributed by atoms with van der Waals surface area (Å²) in [4.78, 5) is 0. The molecule has 21 heavy (non-hydrogen) atoms. The molecule has 0 heterocycles. The molecule has 0 aliphatic heterocycles. The minimum Gasteiger partial charge on any atom is -0.494 e. The third-order valence-corrected chi connectivity index (χ3v) is 2.88. The lowest BCUT2D eigenvalue weighted by Gasteiger charge is -2.09. The molecule has 0 unspecified atom stereocenters. The number of rotatable bonds is 11. The molecule has 1 N–H and O–H groups in total. The summed E-state index contributed by atoms with van der Waals surface area (Å²) < 4.78 is 34.1. The minimum atomic E-state index is -2.40. The Bertz CT molecular complexity index is 369. The van der Waals surface area contributed by atoms with E-state index in [0.717, 1.165) is 24.3 Å². The highest BCUT2D eigenvalue weighted by molar-refractivity contribution is 5.27. The molecular formula is C16H25F2NO2. The maximum absolute atomic E-state index is 11.8. The van der Waals surface area contributed by atoms with E-state index in [1.54, 1.807) is 0 Å². The Morgan fingerprint density at radius 1 is 1.10 bits per heavy atom. The van der Waals surface area contributed by atoms with Gasteiger partial charge in [-0.05, 0) is 30.0 Å². The minimum absolute atomic E-state index is 0.292. The van der Waals surface area contributed by atoms with Crippen molar-refractivity contribution >= 4 is 0 Å². The van der Waals surface area contributed by atoms with E-state index in [2.05, 4.69) is 19.2 Å². The van der Waals surface area contributed by atoms with Crippen molar-refractivity contribution in [3.8, 4) is 5.75 Å². The molecule has 0 saturated carbocycles. The van der Waals surface area contributed by atoms with Crippen molar-refractivity contribution < 1.29 is 18.3 Å². The topological polar surface area (TPSA) is 30.5 Å². The summed E-state index contributed by atoms with van der Waals surface area (Å²) >= 11 is 0. The third kappa shape index (κ3) is 9.37. The molecule has 0 aliphatic rings. The van der Waals surface area contributed by atoms with Crippen molar-refractivity contribution in [3.63, 3.8) is 0 Å². The van der Waals surface area contributed by atoms with Crippen LogP contribution in [0.2, 0.25) is 0 Å². The highest BCUT2D eigenvalue weighted by Gasteiger charge is 2.01. The van der Waals surface area contributed by atoms with Crippen molar-refractivity contribution in [1.82, 2.24) is 5.32 Å².